The van der Waals surface area contributed by atoms with E-state index in [-0.39, 0.29) is 5.56 Å². The third-order valence-corrected chi connectivity index (χ3v) is 1.68. The molecule has 0 bridgehead atoms. The number of hydrogen-bond acceptors (Lipinski definition) is 1. The Bertz CT molecular complexity index is 315. The lowest BCUT2D eigenvalue weighted by atomic mass is 10.2. The van der Waals surface area contributed by atoms with Crippen molar-refractivity contribution in [2.75, 3.05) is 7.11 Å². The highest BCUT2D eigenvalue weighted by Gasteiger charge is 2.05. The maximum atomic E-state index is 12.8. The quantitative estimate of drug-likeness (QED) is 0.717. The van der Waals surface area contributed by atoms with Gasteiger partial charge >= 0.3 is 0 Å². The number of methoxy groups -OCH3 is 1. The van der Waals surface area contributed by atoms with Gasteiger partial charge in [0.05, 0.1) is 7.11 Å². The molecule has 0 saturated carbocycles. The van der Waals surface area contributed by atoms with E-state index in [1.54, 1.807) is 0 Å². The first kappa shape index (κ1) is 9.99. The summed E-state index contributed by atoms with van der Waals surface area (Å²) in [4.78, 5) is 0. The standard InChI is InChI=1S/C9H7ClF2O/c1-13-7-4-2-6(3-5-7)8(11)9(10)12/h2-5H,1H3/b9-8+. The van der Waals surface area contributed by atoms with Gasteiger partial charge in [-0.15, -0.1) is 0 Å². The van der Waals surface area contributed by atoms with Gasteiger partial charge in [0.25, 0.3) is 0 Å². The first-order chi connectivity index (χ1) is 6.15. The maximum Gasteiger partial charge on any atom is 0.225 e. The van der Waals surface area contributed by atoms with E-state index in [4.69, 9.17) is 16.3 Å². The molecule has 1 aromatic rings. The molecule has 70 valence electrons. The molecule has 0 atom stereocenters. The molecule has 0 spiro atoms. The van der Waals surface area contributed by atoms with Crippen molar-refractivity contribution < 1.29 is 13.5 Å². The van der Waals surface area contributed by atoms with Crippen molar-refractivity contribution in [3.8, 4) is 5.75 Å². The Morgan fingerprint density at radius 1 is 1.23 bits per heavy atom. The van der Waals surface area contributed by atoms with E-state index in [2.05, 4.69) is 0 Å². The number of ether oxygens (including phenoxy) is 1. The molecule has 0 aliphatic heterocycles. The van der Waals surface area contributed by atoms with Gasteiger partial charge in [-0.05, 0) is 35.9 Å². The summed E-state index contributed by atoms with van der Waals surface area (Å²) in [7, 11) is 1.49. The molecular weight excluding hydrogens is 198 g/mol. The highest BCUT2D eigenvalue weighted by molar-refractivity contribution is 6.30. The van der Waals surface area contributed by atoms with Crippen LogP contribution in [0.2, 0.25) is 0 Å². The summed E-state index contributed by atoms with van der Waals surface area (Å²) >= 11 is 4.84. The normalized spacial score (nSPS) is 12.3. The van der Waals surface area contributed by atoms with Crippen LogP contribution in [0.3, 0.4) is 0 Å². The summed E-state index contributed by atoms with van der Waals surface area (Å²) in [5.41, 5.74) is 0.0910. The third-order valence-electron chi connectivity index (χ3n) is 1.51. The Hall–Kier alpha value is -1.09. The fraction of sp³-hybridized carbons (Fsp3) is 0.111. The highest BCUT2D eigenvalue weighted by Crippen LogP contribution is 2.25. The molecule has 0 amide bonds. The van der Waals surface area contributed by atoms with Gasteiger partial charge in [0.1, 0.15) is 5.75 Å². The Morgan fingerprint density at radius 3 is 2.15 bits per heavy atom. The second-order valence-electron chi connectivity index (χ2n) is 2.30. The first-order valence-electron chi connectivity index (χ1n) is 3.50. The molecule has 0 saturated heterocycles. The van der Waals surface area contributed by atoms with E-state index in [1.807, 2.05) is 0 Å². The summed E-state index contributed by atoms with van der Waals surface area (Å²) in [5, 5.41) is -1.34. The monoisotopic (exact) mass is 204 g/mol. The minimum atomic E-state index is -1.34. The van der Waals surface area contributed by atoms with E-state index >= 15 is 0 Å². The smallest absolute Gasteiger partial charge is 0.225 e. The summed E-state index contributed by atoms with van der Waals surface area (Å²) in [6.07, 6.45) is 0. The average Bonchev–Trinajstić information content (AvgIpc) is 2.17. The number of benzene rings is 1. The zero-order valence-electron chi connectivity index (χ0n) is 6.85. The SMILES string of the molecule is COc1ccc(/C(F)=C(\F)Cl)cc1. The van der Waals surface area contributed by atoms with Crippen molar-refractivity contribution in [2.24, 2.45) is 0 Å². The van der Waals surface area contributed by atoms with Gasteiger partial charge < -0.3 is 4.74 Å². The van der Waals surface area contributed by atoms with Crippen LogP contribution in [0, 0.1) is 0 Å². The minimum absolute atomic E-state index is 0.0910. The van der Waals surface area contributed by atoms with Crippen LogP contribution in [0.25, 0.3) is 5.83 Å². The molecule has 0 N–H and O–H groups in total. The van der Waals surface area contributed by atoms with Crippen LogP contribution in [-0.4, -0.2) is 7.11 Å². The van der Waals surface area contributed by atoms with E-state index in [0.29, 0.717) is 5.75 Å². The van der Waals surface area contributed by atoms with Gasteiger partial charge in [0, 0.05) is 5.56 Å². The van der Waals surface area contributed by atoms with Crippen LogP contribution in [0.1, 0.15) is 5.56 Å². The van der Waals surface area contributed by atoms with E-state index < -0.39 is 11.1 Å². The lowest BCUT2D eigenvalue weighted by Crippen LogP contribution is -1.83. The third kappa shape index (κ3) is 2.42. The van der Waals surface area contributed by atoms with Gasteiger partial charge in [0.15, 0.2) is 5.83 Å². The zero-order valence-corrected chi connectivity index (χ0v) is 7.61. The molecule has 1 rings (SSSR count). The van der Waals surface area contributed by atoms with E-state index in [9.17, 15) is 8.78 Å². The van der Waals surface area contributed by atoms with Crippen molar-refractivity contribution in [1.29, 1.82) is 0 Å². The number of halogens is 3. The van der Waals surface area contributed by atoms with Gasteiger partial charge in [0.2, 0.25) is 5.29 Å². The Labute approximate surface area is 79.6 Å². The average molecular weight is 205 g/mol. The summed E-state index contributed by atoms with van der Waals surface area (Å²) in [6.45, 7) is 0. The van der Waals surface area contributed by atoms with Gasteiger partial charge in [-0.3, -0.25) is 0 Å². The maximum absolute atomic E-state index is 12.8. The Morgan fingerprint density at radius 2 is 1.77 bits per heavy atom. The van der Waals surface area contributed by atoms with E-state index in [0.717, 1.165) is 0 Å². The van der Waals surface area contributed by atoms with Gasteiger partial charge in [-0.25, -0.2) is 4.39 Å². The van der Waals surface area contributed by atoms with Crippen LogP contribution in [0.5, 0.6) is 5.75 Å². The molecular formula is C9H7ClF2O. The molecule has 0 unspecified atom stereocenters. The zero-order chi connectivity index (χ0) is 9.84. The molecule has 0 radical (unpaired) electrons. The van der Waals surface area contributed by atoms with Crippen LogP contribution >= 0.6 is 11.6 Å². The van der Waals surface area contributed by atoms with E-state index in [1.165, 1.54) is 31.4 Å². The fourth-order valence-corrected chi connectivity index (χ4v) is 0.956. The Kier molecular flexibility index (Phi) is 3.25. The summed E-state index contributed by atoms with van der Waals surface area (Å²) < 4.78 is 29.9. The van der Waals surface area contributed by atoms with Gasteiger partial charge in [-0.2, -0.15) is 4.39 Å². The number of hydrogen-bond donors (Lipinski definition) is 0. The van der Waals surface area contributed by atoms with Crippen LogP contribution in [-0.2, 0) is 0 Å². The van der Waals surface area contributed by atoms with Crippen LogP contribution in [0.15, 0.2) is 29.6 Å². The topological polar surface area (TPSA) is 9.23 Å². The lowest BCUT2D eigenvalue weighted by Gasteiger charge is -2.00. The fourth-order valence-electron chi connectivity index (χ4n) is 0.846. The second kappa shape index (κ2) is 4.23. The van der Waals surface area contributed by atoms with Crippen molar-refractivity contribution in [3.05, 3.63) is 35.1 Å². The van der Waals surface area contributed by atoms with Crippen LogP contribution < -0.4 is 4.74 Å². The molecule has 1 aromatic carbocycles. The van der Waals surface area contributed by atoms with Crippen LogP contribution in [0.4, 0.5) is 8.78 Å². The molecule has 4 heteroatoms. The predicted octanol–water partition coefficient (Wildman–Crippen LogP) is 3.50. The summed E-state index contributed by atoms with van der Waals surface area (Å²) in [6, 6.07) is 5.82. The van der Waals surface area contributed by atoms with Gasteiger partial charge in [-0.1, -0.05) is 0 Å². The van der Waals surface area contributed by atoms with Crippen molar-refractivity contribution in [3.63, 3.8) is 0 Å². The molecule has 0 fully saturated rings. The Balaban J connectivity index is 2.99. The largest absolute Gasteiger partial charge is 0.497 e. The van der Waals surface area contributed by atoms with Crippen molar-refractivity contribution in [1.82, 2.24) is 0 Å². The molecule has 1 nitrogen and oxygen atoms in total. The van der Waals surface area contributed by atoms with Crippen molar-refractivity contribution >= 4 is 17.4 Å². The number of rotatable bonds is 2. The molecule has 13 heavy (non-hydrogen) atoms. The molecule has 0 heterocycles. The van der Waals surface area contributed by atoms with Crippen molar-refractivity contribution in [2.45, 2.75) is 0 Å². The highest BCUT2D eigenvalue weighted by atomic mass is 35.5. The summed E-state index contributed by atoms with van der Waals surface area (Å²) in [5.74, 6) is -0.490. The molecule has 0 aromatic heterocycles. The molecule has 0 aliphatic carbocycles. The molecule has 0 aliphatic rings. The minimum Gasteiger partial charge on any atom is -0.497 e. The lowest BCUT2D eigenvalue weighted by molar-refractivity contribution is 0.414. The first-order valence-corrected chi connectivity index (χ1v) is 3.88. The predicted molar refractivity (Wildman–Crippen MR) is 48.0 cm³/mol. The second-order valence-corrected chi connectivity index (χ2v) is 2.63.